The predicted molar refractivity (Wildman–Crippen MR) is 81.5 cm³/mol. The van der Waals surface area contributed by atoms with Crippen molar-refractivity contribution in [1.29, 1.82) is 0 Å². The van der Waals surface area contributed by atoms with Gasteiger partial charge in [-0.25, -0.2) is 0 Å². The second-order valence-electron chi connectivity index (χ2n) is 6.75. The Morgan fingerprint density at radius 3 is 2.74 bits per heavy atom. The highest BCUT2D eigenvalue weighted by atomic mass is 16.5. The van der Waals surface area contributed by atoms with Crippen molar-refractivity contribution in [3.8, 4) is 0 Å². The molecule has 2 fully saturated rings. The first-order chi connectivity index (χ1) is 9.28. The van der Waals surface area contributed by atoms with E-state index >= 15 is 0 Å². The second-order valence-corrected chi connectivity index (χ2v) is 6.75. The van der Waals surface area contributed by atoms with Crippen LogP contribution < -0.4 is 5.32 Å². The molecule has 1 spiro atoms. The molecule has 112 valence electrons. The lowest BCUT2D eigenvalue weighted by Crippen LogP contribution is -2.46. The maximum atomic E-state index is 6.11. The zero-order valence-corrected chi connectivity index (χ0v) is 13.0. The quantitative estimate of drug-likeness (QED) is 0.743. The van der Waals surface area contributed by atoms with Gasteiger partial charge in [0, 0.05) is 12.6 Å². The van der Waals surface area contributed by atoms with E-state index < -0.39 is 0 Å². The lowest BCUT2D eigenvalue weighted by molar-refractivity contribution is -0.0839. The summed E-state index contributed by atoms with van der Waals surface area (Å²) < 4.78 is 6.11. The van der Waals surface area contributed by atoms with Gasteiger partial charge < -0.3 is 10.1 Å². The minimum Gasteiger partial charge on any atom is -0.375 e. The first-order valence-corrected chi connectivity index (χ1v) is 8.65. The van der Waals surface area contributed by atoms with Gasteiger partial charge in [0.05, 0.1) is 5.60 Å². The molecule has 0 aromatic rings. The standard InChI is InChI=1S/C17H33NO/c1-3-5-8-15(4-2)14-18-16-9-12-19-17(13-16)10-6-7-11-17/h15-16,18H,3-14H2,1-2H3. The summed E-state index contributed by atoms with van der Waals surface area (Å²) in [6.07, 6.45) is 13.3. The Balaban J connectivity index is 1.72. The van der Waals surface area contributed by atoms with Crippen LogP contribution in [0.5, 0.6) is 0 Å². The smallest absolute Gasteiger partial charge is 0.0697 e. The van der Waals surface area contributed by atoms with E-state index in [1.807, 2.05) is 0 Å². The van der Waals surface area contributed by atoms with E-state index in [0.29, 0.717) is 6.04 Å². The van der Waals surface area contributed by atoms with Crippen molar-refractivity contribution in [3.05, 3.63) is 0 Å². The molecule has 0 radical (unpaired) electrons. The van der Waals surface area contributed by atoms with Crippen LogP contribution in [0.15, 0.2) is 0 Å². The van der Waals surface area contributed by atoms with E-state index in [0.717, 1.165) is 12.5 Å². The van der Waals surface area contributed by atoms with Crippen LogP contribution in [-0.2, 0) is 4.74 Å². The number of nitrogens with one attached hydrogen (secondary N) is 1. The largest absolute Gasteiger partial charge is 0.375 e. The first kappa shape index (κ1) is 15.3. The fourth-order valence-corrected chi connectivity index (χ4v) is 3.85. The first-order valence-electron chi connectivity index (χ1n) is 8.65. The number of rotatable bonds is 7. The Hall–Kier alpha value is -0.0800. The summed E-state index contributed by atoms with van der Waals surface area (Å²) in [5.41, 5.74) is 0.265. The van der Waals surface area contributed by atoms with Crippen LogP contribution >= 0.6 is 0 Å². The molecule has 2 aliphatic rings. The third-order valence-electron chi connectivity index (χ3n) is 5.25. The molecule has 2 unspecified atom stereocenters. The molecule has 2 rings (SSSR count). The zero-order valence-electron chi connectivity index (χ0n) is 13.0. The van der Waals surface area contributed by atoms with Crippen LogP contribution in [0.3, 0.4) is 0 Å². The van der Waals surface area contributed by atoms with E-state index in [9.17, 15) is 0 Å². The van der Waals surface area contributed by atoms with Gasteiger partial charge in [0.1, 0.15) is 0 Å². The molecule has 2 nitrogen and oxygen atoms in total. The van der Waals surface area contributed by atoms with Crippen LogP contribution in [-0.4, -0.2) is 24.8 Å². The topological polar surface area (TPSA) is 21.3 Å². The molecule has 0 aromatic carbocycles. The van der Waals surface area contributed by atoms with Crippen molar-refractivity contribution in [2.45, 2.75) is 89.7 Å². The van der Waals surface area contributed by atoms with Crippen molar-refractivity contribution in [1.82, 2.24) is 5.32 Å². The molecule has 0 amide bonds. The third kappa shape index (κ3) is 4.46. The molecule has 1 saturated carbocycles. The Kier molecular flexibility index (Phi) is 6.15. The van der Waals surface area contributed by atoms with E-state index in [2.05, 4.69) is 19.2 Å². The van der Waals surface area contributed by atoms with Crippen LogP contribution in [0.4, 0.5) is 0 Å². The molecule has 2 heteroatoms. The lowest BCUT2D eigenvalue weighted by atomic mass is 9.88. The zero-order chi connectivity index (χ0) is 13.6. The molecule has 19 heavy (non-hydrogen) atoms. The highest BCUT2D eigenvalue weighted by Crippen LogP contribution is 2.39. The number of hydrogen-bond donors (Lipinski definition) is 1. The highest BCUT2D eigenvalue weighted by molar-refractivity contribution is 4.93. The van der Waals surface area contributed by atoms with Gasteiger partial charge in [-0.1, -0.05) is 46.0 Å². The molecule has 1 N–H and O–H groups in total. The molecule has 0 bridgehead atoms. The van der Waals surface area contributed by atoms with Gasteiger partial charge in [0.25, 0.3) is 0 Å². The van der Waals surface area contributed by atoms with Crippen molar-refractivity contribution in [2.75, 3.05) is 13.2 Å². The molecular weight excluding hydrogens is 234 g/mol. The fraction of sp³-hybridized carbons (Fsp3) is 1.00. The van der Waals surface area contributed by atoms with E-state index in [4.69, 9.17) is 4.74 Å². The van der Waals surface area contributed by atoms with Crippen LogP contribution in [0.25, 0.3) is 0 Å². The van der Waals surface area contributed by atoms with E-state index in [1.54, 1.807) is 0 Å². The Morgan fingerprint density at radius 1 is 1.26 bits per heavy atom. The molecule has 1 aliphatic carbocycles. The lowest BCUT2D eigenvalue weighted by Gasteiger charge is -2.39. The van der Waals surface area contributed by atoms with E-state index in [-0.39, 0.29) is 5.60 Å². The van der Waals surface area contributed by atoms with Gasteiger partial charge in [0.2, 0.25) is 0 Å². The summed E-state index contributed by atoms with van der Waals surface area (Å²) in [6, 6.07) is 0.711. The number of hydrogen-bond acceptors (Lipinski definition) is 2. The fourth-order valence-electron chi connectivity index (χ4n) is 3.85. The summed E-state index contributed by atoms with van der Waals surface area (Å²) in [7, 11) is 0. The summed E-state index contributed by atoms with van der Waals surface area (Å²) in [4.78, 5) is 0. The van der Waals surface area contributed by atoms with Gasteiger partial charge in [-0.3, -0.25) is 0 Å². The Labute approximate surface area is 119 Å². The third-order valence-corrected chi connectivity index (χ3v) is 5.25. The highest BCUT2D eigenvalue weighted by Gasteiger charge is 2.39. The maximum Gasteiger partial charge on any atom is 0.0697 e. The van der Waals surface area contributed by atoms with Gasteiger partial charge in [-0.05, 0) is 44.6 Å². The average molecular weight is 267 g/mol. The molecule has 1 saturated heterocycles. The maximum absolute atomic E-state index is 6.11. The minimum absolute atomic E-state index is 0.265. The van der Waals surface area contributed by atoms with Crippen molar-refractivity contribution >= 4 is 0 Å². The molecule has 1 aliphatic heterocycles. The van der Waals surface area contributed by atoms with Crippen molar-refractivity contribution in [2.24, 2.45) is 5.92 Å². The predicted octanol–water partition coefficient (Wildman–Crippen LogP) is 4.28. The summed E-state index contributed by atoms with van der Waals surface area (Å²) in [6.45, 7) is 6.83. The van der Waals surface area contributed by atoms with Gasteiger partial charge in [-0.2, -0.15) is 0 Å². The molecular formula is C17H33NO. The van der Waals surface area contributed by atoms with Crippen LogP contribution in [0.2, 0.25) is 0 Å². The monoisotopic (exact) mass is 267 g/mol. The van der Waals surface area contributed by atoms with Gasteiger partial charge >= 0.3 is 0 Å². The SMILES string of the molecule is CCCCC(CC)CNC1CCOC2(CCCC2)C1. The van der Waals surface area contributed by atoms with Gasteiger partial charge in [0.15, 0.2) is 0 Å². The molecule has 0 aromatic heterocycles. The number of ether oxygens (including phenoxy) is 1. The summed E-state index contributed by atoms with van der Waals surface area (Å²) in [5.74, 6) is 0.877. The van der Waals surface area contributed by atoms with Crippen molar-refractivity contribution < 1.29 is 4.74 Å². The van der Waals surface area contributed by atoms with Crippen LogP contribution in [0.1, 0.15) is 78.1 Å². The second kappa shape index (κ2) is 7.64. The van der Waals surface area contributed by atoms with Gasteiger partial charge in [-0.15, -0.1) is 0 Å². The Morgan fingerprint density at radius 2 is 2.05 bits per heavy atom. The summed E-state index contributed by atoms with van der Waals surface area (Å²) >= 11 is 0. The minimum atomic E-state index is 0.265. The molecule has 2 atom stereocenters. The normalized spacial score (nSPS) is 27.8. The van der Waals surface area contributed by atoms with E-state index in [1.165, 1.54) is 70.8 Å². The Bertz CT molecular complexity index is 248. The van der Waals surface area contributed by atoms with Crippen molar-refractivity contribution in [3.63, 3.8) is 0 Å². The number of unbranched alkanes of at least 4 members (excludes halogenated alkanes) is 1. The average Bonchev–Trinajstić information content (AvgIpc) is 2.87. The molecule has 1 heterocycles. The van der Waals surface area contributed by atoms with Crippen LogP contribution in [0, 0.1) is 5.92 Å². The summed E-state index contributed by atoms with van der Waals surface area (Å²) in [5, 5.41) is 3.85.